The van der Waals surface area contributed by atoms with Gasteiger partial charge in [-0.2, -0.15) is 0 Å². The topological polar surface area (TPSA) is 49.4 Å². The molecule has 0 saturated carbocycles. The minimum atomic E-state index is -0.0322. The molecule has 0 aromatic heterocycles. The van der Waals surface area contributed by atoms with E-state index in [1.807, 2.05) is 55.5 Å². The Morgan fingerprint density at radius 1 is 1.04 bits per heavy atom. The number of nitrogens with zero attached hydrogens (tertiary/aromatic N) is 1. The van der Waals surface area contributed by atoms with Crippen LogP contribution in [0, 0.1) is 6.92 Å². The Kier molecular flexibility index (Phi) is 6.75. The molecule has 0 heterocycles. The molecule has 0 aliphatic heterocycles. The molecule has 132 valence electrons. The van der Waals surface area contributed by atoms with Crippen LogP contribution < -0.4 is 10.2 Å². The number of benzene rings is 2. The number of carbonyl (C=O) groups excluding carboxylic acids is 2. The van der Waals surface area contributed by atoms with Gasteiger partial charge in [-0.05, 0) is 30.0 Å². The number of amides is 2. The second-order valence-electron chi connectivity index (χ2n) is 6.12. The maximum absolute atomic E-state index is 12.1. The van der Waals surface area contributed by atoms with E-state index in [9.17, 15) is 9.59 Å². The van der Waals surface area contributed by atoms with E-state index in [1.54, 1.807) is 11.8 Å². The predicted molar refractivity (Wildman–Crippen MR) is 102 cm³/mol. The Balaban J connectivity index is 1.99. The highest BCUT2D eigenvalue weighted by atomic mass is 16.2. The van der Waals surface area contributed by atoms with Crippen LogP contribution in [0.1, 0.15) is 30.5 Å². The van der Waals surface area contributed by atoms with Gasteiger partial charge in [-0.3, -0.25) is 9.59 Å². The number of aryl methyl sites for hydroxylation is 2. The third-order valence-corrected chi connectivity index (χ3v) is 4.22. The van der Waals surface area contributed by atoms with Crippen molar-refractivity contribution in [2.24, 2.45) is 0 Å². The molecule has 2 rings (SSSR count). The summed E-state index contributed by atoms with van der Waals surface area (Å²) in [6.07, 6.45) is 1.21. The lowest BCUT2D eigenvalue weighted by Gasteiger charge is -2.26. The molecule has 0 aliphatic rings. The second-order valence-corrected chi connectivity index (χ2v) is 6.12. The van der Waals surface area contributed by atoms with Crippen LogP contribution in [0.3, 0.4) is 0 Å². The van der Waals surface area contributed by atoms with Gasteiger partial charge in [0.2, 0.25) is 11.8 Å². The van der Waals surface area contributed by atoms with Crippen molar-refractivity contribution in [1.82, 2.24) is 5.32 Å². The first-order chi connectivity index (χ1) is 12.0. The molecule has 25 heavy (non-hydrogen) atoms. The molecule has 2 aromatic carbocycles. The highest BCUT2D eigenvalue weighted by Crippen LogP contribution is 2.25. The van der Waals surface area contributed by atoms with Crippen molar-refractivity contribution >= 4 is 17.5 Å². The first-order valence-electron chi connectivity index (χ1n) is 8.70. The van der Waals surface area contributed by atoms with Gasteiger partial charge < -0.3 is 10.2 Å². The first kappa shape index (κ1) is 18.7. The molecule has 0 saturated heterocycles. The molecule has 1 N–H and O–H groups in total. The monoisotopic (exact) mass is 338 g/mol. The van der Waals surface area contributed by atoms with Crippen LogP contribution in [0.2, 0.25) is 0 Å². The van der Waals surface area contributed by atoms with Crippen LogP contribution in [0.25, 0.3) is 0 Å². The van der Waals surface area contributed by atoms with Crippen LogP contribution in [0.5, 0.6) is 0 Å². The van der Waals surface area contributed by atoms with Crippen LogP contribution in [0.4, 0.5) is 5.69 Å². The summed E-state index contributed by atoms with van der Waals surface area (Å²) in [7, 11) is 0. The normalized spacial score (nSPS) is 10.4. The van der Waals surface area contributed by atoms with E-state index in [1.165, 1.54) is 0 Å². The second kappa shape index (κ2) is 9.02. The molecule has 0 aliphatic carbocycles. The smallest absolute Gasteiger partial charge is 0.224 e. The molecular weight excluding hydrogens is 312 g/mol. The summed E-state index contributed by atoms with van der Waals surface area (Å²) in [5.74, 6) is -0.0449. The zero-order valence-corrected chi connectivity index (χ0v) is 15.2. The Labute approximate surface area is 149 Å². The number of hydrogen-bond acceptors (Lipinski definition) is 2. The fraction of sp³-hybridized carbons (Fsp3) is 0.333. The summed E-state index contributed by atoms with van der Waals surface area (Å²) in [6, 6.07) is 15.7. The van der Waals surface area contributed by atoms with Gasteiger partial charge in [-0.15, -0.1) is 0 Å². The standard InChI is InChI=1S/C21H26N2O2/c1-4-19-12-8-9-16(2)21(19)23(17(3)24)14-13-22-20(25)15-18-10-6-5-7-11-18/h5-12H,4,13-15H2,1-3H3,(H,22,25). The number of hydrogen-bond donors (Lipinski definition) is 1. The molecule has 0 radical (unpaired) electrons. The number of rotatable bonds is 7. The van der Waals surface area contributed by atoms with Gasteiger partial charge in [0.1, 0.15) is 0 Å². The molecule has 0 atom stereocenters. The lowest BCUT2D eigenvalue weighted by molar-refractivity contribution is -0.121. The zero-order chi connectivity index (χ0) is 18.2. The minimum Gasteiger partial charge on any atom is -0.354 e. The highest BCUT2D eigenvalue weighted by Gasteiger charge is 2.17. The molecule has 4 heteroatoms. The Bertz CT molecular complexity index is 726. The molecule has 0 unspecified atom stereocenters. The van der Waals surface area contributed by atoms with Gasteiger partial charge in [0, 0.05) is 25.7 Å². The average Bonchev–Trinajstić information content (AvgIpc) is 2.59. The highest BCUT2D eigenvalue weighted by molar-refractivity contribution is 5.93. The third kappa shape index (κ3) is 5.18. The number of anilines is 1. The fourth-order valence-corrected chi connectivity index (χ4v) is 2.97. The number of carbonyl (C=O) groups is 2. The lowest BCUT2D eigenvalue weighted by atomic mass is 10.0. The van der Waals surface area contributed by atoms with E-state index in [4.69, 9.17) is 0 Å². The maximum Gasteiger partial charge on any atom is 0.224 e. The van der Waals surface area contributed by atoms with E-state index < -0.39 is 0 Å². The van der Waals surface area contributed by atoms with Crippen molar-refractivity contribution in [3.8, 4) is 0 Å². The van der Waals surface area contributed by atoms with E-state index in [-0.39, 0.29) is 11.8 Å². The quantitative estimate of drug-likeness (QED) is 0.842. The molecule has 0 bridgehead atoms. The van der Waals surface area contributed by atoms with E-state index >= 15 is 0 Å². The van der Waals surface area contributed by atoms with E-state index in [0.717, 1.165) is 28.8 Å². The van der Waals surface area contributed by atoms with Crippen molar-refractivity contribution in [2.45, 2.75) is 33.6 Å². The Morgan fingerprint density at radius 2 is 1.76 bits per heavy atom. The van der Waals surface area contributed by atoms with Crippen LogP contribution in [0.15, 0.2) is 48.5 Å². The summed E-state index contributed by atoms with van der Waals surface area (Å²) < 4.78 is 0. The predicted octanol–water partition coefficient (Wildman–Crippen LogP) is 3.27. The van der Waals surface area contributed by atoms with Crippen LogP contribution in [-0.4, -0.2) is 24.9 Å². The summed E-state index contributed by atoms with van der Waals surface area (Å²) in [4.78, 5) is 26.0. The Morgan fingerprint density at radius 3 is 2.40 bits per heavy atom. The zero-order valence-electron chi connectivity index (χ0n) is 15.2. The van der Waals surface area contributed by atoms with Gasteiger partial charge in [-0.25, -0.2) is 0 Å². The molecule has 0 spiro atoms. The summed E-state index contributed by atoms with van der Waals surface area (Å²) in [5.41, 5.74) is 4.17. The third-order valence-electron chi connectivity index (χ3n) is 4.22. The van der Waals surface area contributed by atoms with Crippen molar-refractivity contribution in [2.75, 3.05) is 18.0 Å². The van der Waals surface area contributed by atoms with Crippen LogP contribution >= 0.6 is 0 Å². The van der Waals surface area contributed by atoms with E-state index in [0.29, 0.717) is 19.5 Å². The van der Waals surface area contributed by atoms with Crippen molar-refractivity contribution in [3.63, 3.8) is 0 Å². The largest absolute Gasteiger partial charge is 0.354 e. The van der Waals surface area contributed by atoms with Crippen molar-refractivity contribution in [1.29, 1.82) is 0 Å². The molecular formula is C21H26N2O2. The summed E-state index contributed by atoms with van der Waals surface area (Å²) in [6.45, 7) is 6.56. The SMILES string of the molecule is CCc1cccc(C)c1N(CCNC(=O)Cc1ccccc1)C(C)=O. The average molecular weight is 338 g/mol. The molecule has 2 amide bonds. The number of nitrogens with one attached hydrogen (secondary N) is 1. The fourth-order valence-electron chi connectivity index (χ4n) is 2.97. The van der Waals surface area contributed by atoms with Gasteiger partial charge in [0.15, 0.2) is 0 Å². The maximum atomic E-state index is 12.1. The van der Waals surface area contributed by atoms with Gasteiger partial charge in [0.25, 0.3) is 0 Å². The van der Waals surface area contributed by atoms with Crippen molar-refractivity contribution in [3.05, 3.63) is 65.2 Å². The van der Waals surface area contributed by atoms with Gasteiger partial charge >= 0.3 is 0 Å². The van der Waals surface area contributed by atoms with Gasteiger partial charge in [-0.1, -0.05) is 55.5 Å². The lowest BCUT2D eigenvalue weighted by Crippen LogP contribution is -2.38. The Hall–Kier alpha value is -2.62. The molecule has 0 fully saturated rings. The summed E-state index contributed by atoms with van der Waals surface area (Å²) in [5, 5.41) is 2.91. The van der Waals surface area contributed by atoms with Crippen molar-refractivity contribution < 1.29 is 9.59 Å². The first-order valence-corrected chi connectivity index (χ1v) is 8.70. The molecule has 2 aromatic rings. The summed E-state index contributed by atoms with van der Waals surface area (Å²) >= 11 is 0. The molecule has 4 nitrogen and oxygen atoms in total. The van der Waals surface area contributed by atoms with Crippen LogP contribution in [-0.2, 0) is 22.4 Å². The van der Waals surface area contributed by atoms with E-state index in [2.05, 4.69) is 12.2 Å². The van der Waals surface area contributed by atoms with Gasteiger partial charge in [0.05, 0.1) is 6.42 Å². The minimum absolute atomic E-state index is 0.0127. The number of para-hydroxylation sites is 1.